The summed E-state index contributed by atoms with van der Waals surface area (Å²) in [4.78, 5) is 11.4. The van der Waals surface area contributed by atoms with Gasteiger partial charge < -0.3 is 20.1 Å². The molecule has 5 heteroatoms. The number of hydrogen-bond donors (Lipinski definition) is 2. The van der Waals surface area contributed by atoms with Crippen molar-refractivity contribution in [2.75, 3.05) is 26.2 Å². The predicted molar refractivity (Wildman–Crippen MR) is 78.6 cm³/mol. The molecular weight excluding hydrogens is 256 g/mol. The Morgan fingerprint density at radius 1 is 1.15 bits per heavy atom. The van der Waals surface area contributed by atoms with Gasteiger partial charge in [0.05, 0.1) is 12.7 Å². The van der Waals surface area contributed by atoms with E-state index in [1.54, 1.807) is 0 Å². The first-order valence-electron chi connectivity index (χ1n) is 6.95. The van der Waals surface area contributed by atoms with Gasteiger partial charge in [0.25, 0.3) is 0 Å². The van der Waals surface area contributed by atoms with Crippen molar-refractivity contribution in [2.45, 2.75) is 26.6 Å². The lowest BCUT2D eigenvalue weighted by Gasteiger charge is -2.09. The quantitative estimate of drug-likeness (QED) is 0.679. The van der Waals surface area contributed by atoms with Crippen molar-refractivity contribution in [2.24, 2.45) is 0 Å². The molecule has 112 valence electrons. The van der Waals surface area contributed by atoms with Crippen LogP contribution in [0.1, 0.15) is 19.4 Å². The summed E-state index contributed by atoms with van der Waals surface area (Å²) in [5.41, 5.74) is 0.978. The second-order valence-corrected chi connectivity index (χ2v) is 4.66. The van der Waals surface area contributed by atoms with Crippen LogP contribution in [0, 0.1) is 0 Å². The number of carbonyl (C=O) groups is 1. The van der Waals surface area contributed by atoms with Gasteiger partial charge in [-0.2, -0.15) is 0 Å². The molecule has 0 fully saturated rings. The Bertz CT molecular complexity index is 369. The number of benzene rings is 1. The standard InChI is InChI=1S/C15H24N2O3/c1-13(2)19-11-10-16-8-9-17-15(18)20-12-14-6-4-3-5-7-14/h3-7,13,16H,8-12H2,1-2H3,(H,17,18). The Morgan fingerprint density at radius 2 is 1.90 bits per heavy atom. The maximum Gasteiger partial charge on any atom is 0.407 e. The minimum absolute atomic E-state index is 0.253. The molecule has 0 heterocycles. The molecule has 0 aliphatic heterocycles. The van der Waals surface area contributed by atoms with Crippen molar-refractivity contribution in [3.63, 3.8) is 0 Å². The van der Waals surface area contributed by atoms with Crippen molar-refractivity contribution in [3.8, 4) is 0 Å². The van der Waals surface area contributed by atoms with Crippen LogP contribution in [-0.2, 0) is 16.1 Å². The summed E-state index contributed by atoms with van der Waals surface area (Å²) in [6, 6.07) is 9.60. The van der Waals surface area contributed by atoms with Gasteiger partial charge in [-0.1, -0.05) is 30.3 Å². The highest BCUT2D eigenvalue weighted by Crippen LogP contribution is 2.00. The van der Waals surface area contributed by atoms with Gasteiger partial charge in [-0.3, -0.25) is 0 Å². The average Bonchev–Trinajstić information content (AvgIpc) is 2.45. The Hall–Kier alpha value is -1.59. The summed E-state index contributed by atoms with van der Waals surface area (Å²) >= 11 is 0. The van der Waals surface area contributed by atoms with E-state index in [-0.39, 0.29) is 6.10 Å². The first kappa shape index (κ1) is 16.5. The van der Waals surface area contributed by atoms with Crippen LogP contribution in [0.2, 0.25) is 0 Å². The number of amides is 1. The molecule has 0 atom stereocenters. The maximum atomic E-state index is 11.4. The van der Waals surface area contributed by atoms with E-state index in [1.165, 1.54) is 0 Å². The molecule has 5 nitrogen and oxygen atoms in total. The largest absolute Gasteiger partial charge is 0.445 e. The van der Waals surface area contributed by atoms with Crippen molar-refractivity contribution in [3.05, 3.63) is 35.9 Å². The predicted octanol–water partition coefficient (Wildman–Crippen LogP) is 1.93. The average molecular weight is 280 g/mol. The number of alkyl carbamates (subject to hydrolysis) is 1. The molecule has 2 N–H and O–H groups in total. The van der Waals surface area contributed by atoms with E-state index in [0.29, 0.717) is 26.3 Å². The molecular formula is C15H24N2O3. The van der Waals surface area contributed by atoms with Crippen LogP contribution < -0.4 is 10.6 Å². The summed E-state index contributed by atoms with van der Waals surface area (Å²) in [7, 11) is 0. The molecule has 1 rings (SSSR count). The maximum absolute atomic E-state index is 11.4. The lowest BCUT2D eigenvalue weighted by molar-refractivity contribution is 0.0809. The fourth-order valence-corrected chi connectivity index (χ4v) is 1.52. The van der Waals surface area contributed by atoms with Crippen LogP contribution in [0.3, 0.4) is 0 Å². The Kier molecular flexibility index (Phi) is 8.42. The zero-order valence-corrected chi connectivity index (χ0v) is 12.2. The van der Waals surface area contributed by atoms with E-state index in [9.17, 15) is 4.79 Å². The molecule has 0 unspecified atom stereocenters. The van der Waals surface area contributed by atoms with Gasteiger partial charge in [0.15, 0.2) is 0 Å². The fourth-order valence-electron chi connectivity index (χ4n) is 1.52. The fraction of sp³-hybridized carbons (Fsp3) is 0.533. The molecule has 0 radical (unpaired) electrons. The van der Waals surface area contributed by atoms with Crippen molar-refractivity contribution < 1.29 is 14.3 Å². The normalized spacial score (nSPS) is 10.6. The molecule has 1 aromatic carbocycles. The first-order valence-corrected chi connectivity index (χ1v) is 6.95. The molecule has 0 aliphatic rings. The highest BCUT2D eigenvalue weighted by atomic mass is 16.5. The van der Waals surface area contributed by atoms with Crippen LogP contribution in [-0.4, -0.2) is 38.4 Å². The topological polar surface area (TPSA) is 59.6 Å². The highest BCUT2D eigenvalue weighted by molar-refractivity contribution is 5.67. The zero-order chi connectivity index (χ0) is 14.6. The molecule has 0 aliphatic carbocycles. The molecule has 0 saturated carbocycles. The van der Waals surface area contributed by atoms with Crippen LogP contribution in [0.5, 0.6) is 0 Å². The Balaban J connectivity index is 1.95. The monoisotopic (exact) mass is 280 g/mol. The van der Waals surface area contributed by atoms with E-state index < -0.39 is 6.09 Å². The van der Waals surface area contributed by atoms with E-state index in [1.807, 2.05) is 44.2 Å². The molecule has 1 amide bonds. The summed E-state index contributed by atoms with van der Waals surface area (Å²) in [6.45, 7) is 6.99. The number of rotatable bonds is 9. The number of hydrogen-bond acceptors (Lipinski definition) is 4. The number of ether oxygens (including phenoxy) is 2. The second-order valence-electron chi connectivity index (χ2n) is 4.66. The number of nitrogens with one attached hydrogen (secondary N) is 2. The third-order valence-corrected chi connectivity index (χ3v) is 2.51. The van der Waals surface area contributed by atoms with Gasteiger partial charge in [0, 0.05) is 19.6 Å². The van der Waals surface area contributed by atoms with Gasteiger partial charge in [-0.05, 0) is 19.4 Å². The molecule has 0 spiro atoms. The summed E-state index contributed by atoms with van der Waals surface area (Å²) in [5.74, 6) is 0. The Morgan fingerprint density at radius 3 is 2.60 bits per heavy atom. The smallest absolute Gasteiger partial charge is 0.407 e. The lowest BCUT2D eigenvalue weighted by Crippen LogP contribution is -2.33. The van der Waals surface area contributed by atoms with Gasteiger partial charge in [-0.15, -0.1) is 0 Å². The lowest BCUT2D eigenvalue weighted by atomic mass is 10.2. The zero-order valence-electron chi connectivity index (χ0n) is 12.2. The minimum Gasteiger partial charge on any atom is -0.445 e. The van der Waals surface area contributed by atoms with Crippen LogP contribution in [0.25, 0.3) is 0 Å². The molecule has 0 saturated heterocycles. The third kappa shape index (κ3) is 8.50. The van der Waals surface area contributed by atoms with Gasteiger partial charge in [0.1, 0.15) is 6.61 Å². The summed E-state index contributed by atoms with van der Waals surface area (Å²) < 4.78 is 10.5. The summed E-state index contributed by atoms with van der Waals surface area (Å²) in [5, 5.41) is 5.86. The third-order valence-electron chi connectivity index (χ3n) is 2.51. The molecule has 20 heavy (non-hydrogen) atoms. The van der Waals surface area contributed by atoms with Crippen molar-refractivity contribution >= 4 is 6.09 Å². The van der Waals surface area contributed by atoms with E-state index in [0.717, 1.165) is 12.1 Å². The van der Waals surface area contributed by atoms with Crippen LogP contribution in [0.15, 0.2) is 30.3 Å². The SMILES string of the molecule is CC(C)OCCNCCNC(=O)OCc1ccccc1. The van der Waals surface area contributed by atoms with Gasteiger partial charge >= 0.3 is 6.09 Å². The van der Waals surface area contributed by atoms with Gasteiger partial charge in [0.2, 0.25) is 0 Å². The molecule has 0 aromatic heterocycles. The first-order chi connectivity index (χ1) is 9.68. The van der Waals surface area contributed by atoms with Gasteiger partial charge in [-0.25, -0.2) is 4.79 Å². The summed E-state index contributed by atoms with van der Waals surface area (Å²) in [6.07, 6.45) is -0.142. The van der Waals surface area contributed by atoms with E-state index >= 15 is 0 Å². The minimum atomic E-state index is -0.394. The van der Waals surface area contributed by atoms with E-state index in [4.69, 9.17) is 9.47 Å². The van der Waals surface area contributed by atoms with Crippen molar-refractivity contribution in [1.29, 1.82) is 0 Å². The van der Waals surface area contributed by atoms with E-state index in [2.05, 4.69) is 10.6 Å². The number of carbonyl (C=O) groups excluding carboxylic acids is 1. The Labute approximate surface area is 120 Å². The molecule has 0 bridgehead atoms. The highest BCUT2D eigenvalue weighted by Gasteiger charge is 2.01. The second kappa shape index (κ2) is 10.2. The molecule has 1 aromatic rings. The van der Waals surface area contributed by atoms with Crippen molar-refractivity contribution in [1.82, 2.24) is 10.6 Å². The van der Waals surface area contributed by atoms with Crippen LogP contribution >= 0.6 is 0 Å². The van der Waals surface area contributed by atoms with Crippen LogP contribution in [0.4, 0.5) is 4.79 Å².